The van der Waals surface area contributed by atoms with Crippen LogP contribution in [0, 0.1) is 6.92 Å². The van der Waals surface area contributed by atoms with Gasteiger partial charge < -0.3 is 14.5 Å². The lowest BCUT2D eigenvalue weighted by Gasteiger charge is -2.13. The molecule has 0 bridgehead atoms. The summed E-state index contributed by atoms with van der Waals surface area (Å²) in [6.45, 7) is 9.59. The zero-order valence-corrected chi connectivity index (χ0v) is 17.6. The zero-order valence-electron chi connectivity index (χ0n) is 16.7. The number of hydrogen-bond donors (Lipinski definition) is 1. The van der Waals surface area contributed by atoms with Crippen LogP contribution < -0.4 is 5.32 Å². The van der Waals surface area contributed by atoms with Crippen LogP contribution in [0.1, 0.15) is 58.0 Å². The Kier molecular flexibility index (Phi) is 6.31. The van der Waals surface area contributed by atoms with Crippen LogP contribution in [0.3, 0.4) is 0 Å². The number of rotatable bonds is 7. The smallest absolute Gasteiger partial charge is 0.263 e. The van der Waals surface area contributed by atoms with Gasteiger partial charge in [-0.25, -0.2) is 4.98 Å². The Balaban J connectivity index is 1.55. The summed E-state index contributed by atoms with van der Waals surface area (Å²) in [4.78, 5) is 17.8. The van der Waals surface area contributed by atoms with Crippen molar-refractivity contribution in [1.82, 2.24) is 10.3 Å². The van der Waals surface area contributed by atoms with E-state index in [0.717, 1.165) is 27.6 Å². The van der Waals surface area contributed by atoms with Crippen LogP contribution in [0.5, 0.6) is 0 Å². The quantitative estimate of drug-likeness (QED) is 0.609. The number of nitrogens with zero attached hydrogens (tertiary/aromatic N) is 1. The lowest BCUT2D eigenvalue weighted by molar-refractivity contribution is 0.0928. The Hall–Kier alpha value is -2.44. The molecule has 2 aromatic heterocycles. The Morgan fingerprint density at radius 2 is 1.96 bits per heavy atom. The Morgan fingerprint density at radius 3 is 2.64 bits per heavy atom. The Morgan fingerprint density at radius 1 is 1.18 bits per heavy atom. The molecule has 0 fully saturated rings. The maximum absolute atomic E-state index is 12.6. The molecule has 0 aliphatic carbocycles. The minimum Gasteiger partial charge on any atom is -0.467 e. The first-order chi connectivity index (χ1) is 13.3. The van der Waals surface area contributed by atoms with E-state index in [1.54, 1.807) is 6.26 Å². The number of aryl methyl sites for hydroxylation is 1. The maximum atomic E-state index is 12.6. The number of hydrogen-bond acceptors (Lipinski definition) is 5. The van der Waals surface area contributed by atoms with E-state index in [1.807, 2.05) is 43.3 Å². The van der Waals surface area contributed by atoms with E-state index in [4.69, 9.17) is 9.15 Å². The molecule has 5 nitrogen and oxygen atoms in total. The van der Waals surface area contributed by atoms with E-state index >= 15 is 0 Å². The number of nitrogens with one attached hydrogen (secondary N) is 1. The van der Waals surface area contributed by atoms with E-state index in [2.05, 4.69) is 31.1 Å². The standard InChI is InChI=1S/C22H26N2O3S/c1-15-19(28-21(24-15)22(2,3)4)20(25)23-12-16-7-5-8-17(11-16)13-26-14-18-9-6-10-27-18/h5-11H,12-14H2,1-4H3,(H,23,25). The Bertz CT molecular complexity index is 924. The molecule has 3 aromatic rings. The molecule has 28 heavy (non-hydrogen) atoms. The van der Waals surface area contributed by atoms with E-state index in [1.165, 1.54) is 11.3 Å². The molecule has 2 heterocycles. The molecule has 1 aromatic carbocycles. The minimum absolute atomic E-state index is 0.0576. The van der Waals surface area contributed by atoms with Crippen LogP contribution in [0.4, 0.5) is 0 Å². The highest BCUT2D eigenvalue weighted by Crippen LogP contribution is 2.29. The van der Waals surface area contributed by atoms with Gasteiger partial charge in [-0.1, -0.05) is 45.0 Å². The molecule has 0 unspecified atom stereocenters. The van der Waals surface area contributed by atoms with Gasteiger partial charge in [0, 0.05) is 12.0 Å². The predicted octanol–water partition coefficient (Wildman–Crippen LogP) is 4.99. The minimum atomic E-state index is -0.0787. The molecule has 0 atom stereocenters. The van der Waals surface area contributed by atoms with Crippen molar-refractivity contribution in [3.8, 4) is 0 Å². The lowest BCUT2D eigenvalue weighted by Crippen LogP contribution is -2.22. The van der Waals surface area contributed by atoms with Gasteiger partial charge in [-0.15, -0.1) is 11.3 Å². The molecule has 1 amide bonds. The third-order valence-electron chi connectivity index (χ3n) is 4.18. The van der Waals surface area contributed by atoms with E-state index < -0.39 is 0 Å². The third kappa shape index (κ3) is 5.30. The molecule has 0 aliphatic rings. The summed E-state index contributed by atoms with van der Waals surface area (Å²) >= 11 is 1.47. The summed E-state index contributed by atoms with van der Waals surface area (Å²) in [6, 6.07) is 11.8. The molecule has 148 valence electrons. The third-order valence-corrected chi connectivity index (χ3v) is 5.76. The van der Waals surface area contributed by atoms with Crippen molar-refractivity contribution in [2.75, 3.05) is 0 Å². The van der Waals surface area contributed by atoms with Gasteiger partial charge in [0.05, 0.1) is 23.6 Å². The second-order valence-electron chi connectivity index (χ2n) is 7.76. The average molecular weight is 399 g/mol. The van der Waals surface area contributed by atoms with Crippen LogP contribution in [0.2, 0.25) is 0 Å². The van der Waals surface area contributed by atoms with Crippen LogP contribution in [0.25, 0.3) is 0 Å². The highest BCUT2D eigenvalue weighted by atomic mass is 32.1. The SMILES string of the molecule is Cc1nc(C(C)(C)C)sc1C(=O)NCc1cccc(COCc2ccco2)c1. The molecule has 6 heteroatoms. The molecular formula is C22H26N2O3S. The van der Waals surface area contributed by atoms with Crippen LogP contribution in [0.15, 0.2) is 47.1 Å². The summed E-state index contributed by atoms with van der Waals surface area (Å²) in [6.07, 6.45) is 1.64. The van der Waals surface area contributed by atoms with Gasteiger partial charge in [0.1, 0.15) is 17.2 Å². The first-order valence-electron chi connectivity index (χ1n) is 9.27. The number of benzene rings is 1. The van der Waals surface area contributed by atoms with Crippen LogP contribution in [-0.4, -0.2) is 10.9 Å². The summed E-state index contributed by atoms with van der Waals surface area (Å²) in [5, 5.41) is 3.98. The largest absolute Gasteiger partial charge is 0.467 e. The predicted molar refractivity (Wildman–Crippen MR) is 110 cm³/mol. The molecule has 0 saturated carbocycles. The number of carbonyl (C=O) groups is 1. The van der Waals surface area contributed by atoms with Gasteiger partial charge in [-0.05, 0) is 30.2 Å². The normalized spacial score (nSPS) is 11.6. The molecule has 1 N–H and O–H groups in total. The van der Waals surface area contributed by atoms with Crippen molar-refractivity contribution in [2.24, 2.45) is 0 Å². The zero-order chi connectivity index (χ0) is 20.1. The molecule has 0 aliphatic heterocycles. The van der Waals surface area contributed by atoms with E-state index in [9.17, 15) is 4.79 Å². The van der Waals surface area contributed by atoms with Gasteiger partial charge in [0.15, 0.2) is 0 Å². The maximum Gasteiger partial charge on any atom is 0.263 e. The topological polar surface area (TPSA) is 64.4 Å². The fourth-order valence-electron chi connectivity index (χ4n) is 2.68. The lowest BCUT2D eigenvalue weighted by atomic mass is 9.98. The number of furan rings is 1. The highest BCUT2D eigenvalue weighted by molar-refractivity contribution is 7.14. The van der Waals surface area contributed by atoms with Crippen molar-refractivity contribution < 1.29 is 13.9 Å². The van der Waals surface area contributed by atoms with Gasteiger partial charge in [-0.2, -0.15) is 0 Å². The average Bonchev–Trinajstić information content (AvgIpc) is 3.29. The fraction of sp³-hybridized carbons (Fsp3) is 0.364. The van der Waals surface area contributed by atoms with Gasteiger partial charge in [0.25, 0.3) is 5.91 Å². The second kappa shape index (κ2) is 8.71. The van der Waals surface area contributed by atoms with Crippen molar-refractivity contribution in [1.29, 1.82) is 0 Å². The van der Waals surface area contributed by atoms with Gasteiger partial charge >= 0.3 is 0 Å². The van der Waals surface area contributed by atoms with Crippen molar-refractivity contribution in [3.05, 3.63) is 75.1 Å². The Labute approximate surface area is 169 Å². The summed E-state index contributed by atoms with van der Waals surface area (Å²) < 4.78 is 10.9. The van der Waals surface area contributed by atoms with Gasteiger partial charge in [0.2, 0.25) is 0 Å². The van der Waals surface area contributed by atoms with Crippen molar-refractivity contribution in [3.63, 3.8) is 0 Å². The first-order valence-corrected chi connectivity index (χ1v) is 10.1. The van der Waals surface area contributed by atoms with Crippen LogP contribution in [-0.2, 0) is 29.9 Å². The molecular weight excluding hydrogens is 372 g/mol. The highest BCUT2D eigenvalue weighted by Gasteiger charge is 2.22. The molecule has 0 saturated heterocycles. The summed E-state index contributed by atoms with van der Waals surface area (Å²) in [7, 11) is 0. The number of thiazole rings is 1. The molecule has 0 radical (unpaired) electrons. The number of amides is 1. The molecule has 3 rings (SSSR count). The first kappa shape index (κ1) is 20.3. The van der Waals surface area contributed by atoms with Crippen molar-refractivity contribution in [2.45, 2.75) is 52.9 Å². The van der Waals surface area contributed by atoms with Crippen LogP contribution >= 0.6 is 11.3 Å². The van der Waals surface area contributed by atoms with Crippen molar-refractivity contribution >= 4 is 17.2 Å². The second-order valence-corrected chi connectivity index (χ2v) is 8.76. The number of carbonyl (C=O) groups excluding carboxylic acids is 1. The number of aromatic nitrogens is 1. The van der Waals surface area contributed by atoms with E-state index in [-0.39, 0.29) is 11.3 Å². The number of ether oxygens (including phenoxy) is 1. The fourth-order valence-corrected chi connectivity index (χ4v) is 3.72. The monoisotopic (exact) mass is 398 g/mol. The summed E-state index contributed by atoms with van der Waals surface area (Å²) in [5.74, 6) is 0.725. The van der Waals surface area contributed by atoms with Gasteiger partial charge in [-0.3, -0.25) is 4.79 Å². The molecule has 0 spiro atoms. The summed E-state index contributed by atoms with van der Waals surface area (Å²) in [5.41, 5.74) is 2.82. The van der Waals surface area contributed by atoms with E-state index in [0.29, 0.717) is 24.6 Å².